The summed E-state index contributed by atoms with van der Waals surface area (Å²) in [5.74, 6) is -0.514. The number of unbranched alkanes of at least 4 members (excludes halogenated alkanes) is 3. The van der Waals surface area contributed by atoms with Gasteiger partial charge in [0.15, 0.2) is 6.04 Å². The lowest BCUT2D eigenvalue weighted by Gasteiger charge is -2.23. The summed E-state index contributed by atoms with van der Waals surface area (Å²) in [6.45, 7) is 11.3. The van der Waals surface area contributed by atoms with E-state index < -0.39 is 23.7 Å². The van der Waals surface area contributed by atoms with Crippen LogP contribution in [0.1, 0.15) is 73.6 Å². The SMILES string of the molecule is CCCCCCC(=C=C(C)C)[C@H](NC(=O)OC(C)(C)C)C(=O)OC. The first-order chi connectivity index (χ1) is 11.1. The van der Waals surface area contributed by atoms with Crippen LogP contribution in [0.3, 0.4) is 0 Å². The van der Waals surface area contributed by atoms with E-state index in [1.165, 1.54) is 7.11 Å². The molecular weight excluding hydrogens is 306 g/mol. The molecule has 0 spiro atoms. The second kappa shape index (κ2) is 10.9. The van der Waals surface area contributed by atoms with Gasteiger partial charge in [0.25, 0.3) is 0 Å². The van der Waals surface area contributed by atoms with Gasteiger partial charge in [-0.05, 0) is 53.0 Å². The van der Waals surface area contributed by atoms with Gasteiger partial charge >= 0.3 is 12.1 Å². The monoisotopic (exact) mass is 339 g/mol. The number of ether oxygens (including phenoxy) is 2. The summed E-state index contributed by atoms with van der Waals surface area (Å²) in [6, 6.07) is -0.874. The maximum Gasteiger partial charge on any atom is 0.408 e. The van der Waals surface area contributed by atoms with Crippen molar-refractivity contribution >= 4 is 12.1 Å². The van der Waals surface area contributed by atoms with Crippen molar-refractivity contribution in [3.05, 3.63) is 16.9 Å². The van der Waals surface area contributed by atoms with Crippen molar-refractivity contribution in [3.8, 4) is 0 Å². The first kappa shape index (κ1) is 22.3. The third-order valence-corrected chi connectivity index (χ3v) is 3.16. The molecule has 0 aliphatic rings. The fraction of sp³-hybridized carbons (Fsp3) is 0.737. The normalized spacial score (nSPS) is 12.0. The minimum atomic E-state index is -0.874. The lowest BCUT2D eigenvalue weighted by Crippen LogP contribution is -2.45. The van der Waals surface area contributed by atoms with Crippen LogP contribution in [0.4, 0.5) is 4.79 Å². The Morgan fingerprint density at radius 2 is 1.75 bits per heavy atom. The average molecular weight is 339 g/mol. The Morgan fingerprint density at radius 3 is 2.21 bits per heavy atom. The number of methoxy groups -OCH3 is 1. The largest absolute Gasteiger partial charge is 0.467 e. The first-order valence-electron chi connectivity index (χ1n) is 8.61. The summed E-state index contributed by atoms with van der Waals surface area (Å²) in [7, 11) is 1.31. The van der Waals surface area contributed by atoms with Gasteiger partial charge in [0, 0.05) is 5.57 Å². The number of hydrogen-bond acceptors (Lipinski definition) is 4. The zero-order valence-corrected chi connectivity index (χ0v) is 16.2. The van der Waals surface area contributed by atoms with E-state index in [9.17, 15) is 9.59 Å². The molecule has 5 nitrogen and oxygen atoms in total. The molecule has 0 bridgehead atoms. The topological polar surface area (TPSA) is 64.6 Å². The van der Waals surface area contributed by atoms with Crippen LogP contribution in [0.25, 0.3) is 0 Å². The van der Waals surface area contributed by atoms with Gasteiger partial charge in [-0.15, -0.1) is 5.73 Å². The summed E-state index contributed by atoms with van der Waals surface area (Å²) in [5, 5.41) is 2.62. The third-order valence-electron chi connectivity index (χ3n) is 3.16. The molecule has 5 heteroatoms. The molecule has 1 amide bonds. The standard InChI is InChI=1S/C19H33NO4/c1-8-9-10-11-12-15(13-14(2)3)16(17(21)23-7)20-18(22)24-19(4,5)6/h16H,8-12H2,1-7H3,(H,20,22)/t16-/m0/s1. The maximum atomic E-state index is 12.2. The van der Waals surface area contributed by atoms with Crippen molar-refractivity contribution in [2.45, 2.75) is 85.3 Å². The molecule has 0 rings (SSSR count). The number of carbonyl (C=O) groups excluding carboxylic acids is 2. The minimum Gasteiger partial charge on any atom is -0.467 e. The molecule has 0 saturated carbocycles. The second-order valence-corrected chi connectivity index (χ2v) is 7.06. The molecule has 24 heavy (non-hydrogen) atoms. The molecule has 0 aromatic heterocycles. The van der Waals surface area contributed by atoms with E-state index in [2.05, 4.69) is 18.0 Å². The van der Waals surface area contributed by atoms with Crippen LogP contribution in [-0.4, -0.2) is 30.8 Å². The van der Waals surface area contributed by atoms with Crippen LogP contribution in [-0.2, 0) is 14.3 Å². The third kappa shape index (κ3) is 10.1. The summed E-state index contributed by atoms with van der Waals surface area (Å²) < 4.78 is 10.1. The Hall–Kier alpha value is -1.74. The Kier molecular flexibility index (Phi) is 10.1. The fourth-order valence-corrected chi connectivity index (χ4v) is 2.17. The molecule has 138 valence electrons. The van der Waals surface area contributed by atoms with Crippen molar-refractivity contribution in [2.75, 3.05) is 7.11 Å². The minimum absolute atomic E-state index is 0.514. The summed E-state index contributed by atoms with van der Waals surface area (Å²) >= 11 is 0. The van der Waals surface area contributed by atoms with E-state index >= 15 is 0 Å². The summed E-state index contributed by atoms with van der Waals surface area (Å²) in [5.41, 5.74) is 4.24. The number of hydrogen-bond donors (Lipinski definition) is 1. The first-order valence-corrected chi connectivity index (χ1v) is 8.61. The number of carbonyl (C=O) groups is 2. The van der Waals surface area contributed by atoms with Crippen molar-refractivity contribution in [2.24, 2.45) is 0 Å². The second-order valence-electron chi connectivity index (χ2n) is 7.06. The predicted octanol–water partition coefficient (Wildman–Crippen LogP) is 4.51. The van der Waals surface area contributed by atoms with Gasteiger partial charge < -0.3 is 14.8 Å². The van der Waals surface area contributed by atoms with Crippen LogP contribution in [0, 0.1) is 0 Å². The van der Waals surface area contributed by atoms with Crippen LogP contribution < -0.4 is 5.32 Å². The lowest BCUT2D eigenvalue weighted by molar-refractivity contribution is -0.142. The van der Waals surface area contributed by atoms with Crippen LogP contribution in [0.15, 0.2) is 16.9 Å². The van der Waals surface area contributed by atoms with Gasteiger partial charge in [-0.2, -0.15) is 0 Å². The molecule has 0 saturated heterocycles. The molecule has 0 radical (unpaired) electrons. The number of alkyl carbamates (subject to hydrolysis) is 1. The van der Waals surface area contributed by atoms with E-state index in [0.717, 1.165) is 36.8 Å². The van der Waals surface area contributed by atoms with E-state index in [1.807, 2.05) is 13.8 Å². The molecule has 0 aromatic rings. The highest BCUT2D eigenvalue weighted by molar-refractivity contribution is 5.84. The highest BCUT2D eigenvalue weighted by atomic mass is 16.6. The quantitative estimate of drug-likeness (QED) is 0.401. The molecular formula is C19H33NO4. The zero-order valence-electron chi connectivity index (χ0n) is 16.2. The molecule has 0 aliphatic heterocycles. The number of rotatable bonds is 8. The number of nitrogens with one attached hydrogen (secondary N) is 1. The molecule has 1 atom stereocenters. The van der Waals surface area contributed by atoms with Crippen LogP contribution in [0.2, 0.25) is 0 Å². The van der Waals surface area contributed by atoms with Gasteiger partial charge in [0.1, 0.15) is 5.60 Å². The van der Waals surface area contributed by atoms with E-state index in [0.29, 0.717) is 6.42 Å². The summed E-state index contributed by atoms with van der Waals surface area (Å²) in [6.07, 6.45) is 4.33. The molecule has 0 heterocycles. The maximum absolute atomic E-state index is 12.2. The smallest absolute Gasteiger partial charge is 0.408 e. The lowest BCUT2D eigenvalue weighted by atomic mass is 9.99. The van der Waals surface area contributed by atoms with Crippen molar-refractivity contribution in [3.63, 3.8) is 0 Å². The van der Waals surface area contributed by atoms with Crippen molar-refractivity contribution < 1.29 is 19.1 Å². The van der Waals surface area contributed by atoms with Crippen LogP contribution >= 0.6 is 0 Å². The Labute approximate surface area is 146 Å². The molecule has 0 aromatic carbocycles. The fourth-order valence-electron chi connectivity index (χ4n) is 2.17. The molecule has 0 aliphatic carbocycles. The summed E-state index contributed by atoms with van der Waals surface area (Å²) in [4.78, 5) is 24.2. The van der Waals surface area contributed by atoms with Gasteiger partial charge in [-0.3, -0.25) is 0 Å². The van der Waals surface area contributed by atoms with Crippen LogP contribution in [0.5, 0.6) is 0 Å². The molecule has 0 fully saturated rings. The highest BCUT2D eigenvalue weighted by Crippen LogP contribution is 2.16. The van der Waals surface area contributed by atoms with E-state index in [4.69, 9.17) is 9.47 Å². The Balaban J connectivity index is 5.29. The predicted molar refractivity (Wildman–Crippen MR) is 95.8 cm³/mol. The molecule has 0 unspecified atom stereocenters. The van der Waals surface area contributed by atoms with Gasteiger partial charge in [-0.25, -0.2) is 9.59 Å². The average Bonchev–Trinajstić information content (AvgIpc) is 2.45. The van der Waals surface area contributed by atoms with Crippen molar-refractivity contribution in [1.82, 2.24) is 5.32 Å². The number of amides is 1. The molecule has 1 N–H and O–H groups in total. The van der Waals surface area contributed by atoms with Crippen molar-refractivity contribution in [1.29, 1.82) is 0 Å². The number of esters is 1. The van der Waals surface area contributed by atoms with Gasteiger partial charge in [-0.1, -0.05) is 26.2 Å². The zero-order chi connectivity index (χ0) is 18.8. The van der Waals surface area contributed by atoms with Gasteiger partial charge in [0.05, 0.1) is 7.11 Å². The Morgan fingerprint density at radius 1 is 1.12 bits per heavy atom. The van der Waals surface area contributed by atoms with E-state index in [1.54, 1.807) is 20.8 Å². The Bertz CT molecular complexity index is 478. The highest BCUT2D eigenvalue weighted by Gasteiger charge is 2.28. The van der Waals surface area contributed by atoms with Gasteiger partial charge in [0.2, 0.25) is 0 Å². The van der Waals surface area contributed by atoms with E-state index in [-0.39, 0.29) is 0 Å².